The summed E-state index contributed by atoms with van der Waals surface area (Å²) in [5.41, 5.74) is 0. The van der Waals surface area contributed by atoms with Crippen LogP contribution in [0.5, 0.6) is 0 Å². The van der Waals surface area contributed by atoms with Gasteiger partial charge < -0.3 is 0 Å². The Morgan fingerprint density at radius 3 is 0.471 bits per heavy atom. The van der Waals surface area contributed by atoms with Crippen molar-refractivity contribution in [2.24, 2.45) is 0 Å². The average molecular weight is 620 g/mol. The Balaban J connectivity index is -0.0000000143. The van der Waals surface area contributed by atoms with Crippen LogP contribution in [0.4, 0.5) is 0 Å². The van der Waals surface area contributed by atoms with E-state index in [9.17, 15) is 0 Å². The zero-order chi connectivity index (χ0) is 13.5. The normalized spacial score (nSPS) is 3.53. The Morgan fingerprint density at radius 2 is 0.471 bits per heavy atom. The molecule has 0 saturated carbocycles. The maximum absolute atomic E-state index is 8.53. The van der Waals surface area contributed by atoms with Gasteiger partial charge in [0.25, 0.3) is 0 Å². The molecular formula is H5AlGe5O10Zn. The fourth-order valence-electron chi connectivity index (χ4n) is 0. The molecule has 0 bridgehead atoms. The van der Waals surface area contributed by atoms with Crippen molar-refractivity contribution in [3.8, 4) is 0 Å². The molecule has 0 aromatic heterocycles. The van der Waals surface area contributed by atoms with Crippen molar-refractivity contribution >= 4 is 95.9 Å². The van der Waals surface area contributed by atoms with Gasteiger partial charge in [0.05, 0.1) is 0 Å². The minimum absolute atomic E-state index is 0. The van der Waals surface area contributed by atoms with Gasteiger partial charge in [-0.15, -0.1) is 0 Å². The van der Waals surface area contributed by atoms with Crippen molar-refractivity contribution in [2.45, 2.75) is 0 Å². The molecule has 0 atom stereocenters. The predicted octanol–water partition coefficient (Wildman–Crippen LogP) is -10.2. The van der Waals surface area contributed by atoms with Crippen molar-refractivity contribution < 1.29 is 59.0 Å². The summed E-state index contributed by atoms with van der Waals surface area (Å²) in [6.45, 7) is 0. The van der Waals surface area contributed by atoms with Gasteiger partial charge in [0.2, 0.25) is 0 Å². The molecule has 0 aromatic rings. The Hall–Kier alpha value is 1.87. The van der Waals surface area contributed by atoms with Gasteiger partial charge in [0.1, 0.15) is 0 Å². The van der Waals surface area contributed by atoms with Crippen LogP contribution in [0.3, 0.4) is 0 Å². The third kappa shape index (κ3) is 1290. The first-order chi connectivity index (χ1) is 7.07. The largest absolute Gasteiger partial charge is 2.00 e. The molecule has 0 aliphatic heterocycles. The molecule has 0 fully saturated rings. The smallest absolute Gasteiger partial charge is 2.00 e. The van der Waals surface area contributed by atoms with Gasteiger partial charge >= 0.3 is 155 Å². The molecule has 0 rings (SSSR count). The molecule has 10 nitrogen and oxygen atoms in total. The SMILES string of the molecule is [Al+3].[O]=[GeH][O-].[O]=[GeH][O-].[O]=[GeH][O-].[O]=[GeH][O-].[O]=[GeH][O-].[Zn+2]. The third-order valence-electron chi connectivity index (χ3n) is 0. The summed E-state index contributed by atoms with van der Waals surface area (Å²) in [7, 11) is 0. The standard InChI is InChI=1S/Al.5GeHO2.Zn/c;5*2-1-3;/h;5*1H;/q+3;5*-1;+2. The summed E-state index contributed by atoms with van der Waals surface area (Å²) >= 11 is -10.9. The summed E-state index contributed by atoms with van der Waals surface area (Å²) in [5.74, 6) is 0. The fourth-order valence-corrected chi connectivity index (χ4v) is 0. The van der Waals surface area contributed by atoms with E-state index in [4.69, 9.17) is 39.6 Å². The summed E-state index contributed by atoms with van der Waals surface area (Å²) in [5, 5.41) is 0. The Labute approximate surface area is 153 Å². The monoisotopic (exact) mass is 626 g/mol. The topological polar surface area (TPSA) is 201 Å². The number of hydrogen-bond acceptors (Lipinski definition) is 10. The van der Waals surface area contributed by atoms with Gasteiger partial charge in [-0.1, -0.05) is 0 Å². The zero-order valence-corrected chi connectivity index (χ0v) is 24.5. The van der Waals surface area contributed by atoms with E-state index in [1.54, 1.807) is 0 Å². The molecule has 0 aliphatic carbocycles. The van der Waals surface area contributed by atoms with Crippen molar-refractivity contribution in [3.05, 3.63) is 0 Å². The van der Waals surface area contributed by atoms with E-state index >= 15 is 0 Å². The molecule has 0 heterocycles. The summed E-state index contributed by atoms with van der Waals surface area (Å²) in [6, 6.07) is 0. The van der Waals surface area contributed by atoms with Gasteiger partial charge in [-0.3, -0.25) is 0 Å². The van der Waals surface area contributed by atoms with Crippen LogP contribution in [-0.4, -0.2) is 95.9 Å². The van der Waals surface area contributed by atoms with Crippen LogP contribution in [0, 0.1) is 0 Å². The van der Waals surface area contributed by atoms with Gasteiger partial charge in [0, 0.05) is 0 Å². The Bertz CT molecular complexity index is 97.0. The average Bonchev–Trinajstić information content (AvgIpc) is 2.09. The van der Waals surface area contributed by atoms with Gasteiger partial charge in [0.15, 0.2) is 0 Å². The minimum atomic E-state index is -2.19. The fraction of sp³-hybridized carbons (Fsp3) is 0. The second-order valence-electron chi connectivity index (χ2n) is 0.481. The molecule has 0 N–H and O–H groups in total. The molecule has 0 amide bonds. The van der Waals surface area contributed by atoms with Crippen LogP contribution in [0.15, 0.2) is 0 Å². The first-order valence-corrected chi connectivity index (χ1v) is 12.2. The summed E-state index contributed by atoms with van der Waals surface area (Å²) < 4.78 is 85.3. The van der Waals surface area contributed by atoms with Crippen molar-refractivity contribution in [1.29, 1.82) is 0 Å². The molecule has 0 unspecified atom stereocenters. The molecule has 0 radical (unpaired) electrons. The second kappa shape index (κ2) is 108. The number of rotatable bonds is 0. The maximum atomic E-state index is 8.53. The quantitative estimate of drug-likeness (QED) is 0.234. The van der Waals surface area contributed by atoms with E-state index in [0.717, 1.165) is 0 Å². The van der Waals surface area contributed by atoms with Crippen molar-refractivity contribution in [1.82, 2.24) is 0 Å². The molecule has 0 spiro atoms. The van der Waals surface area contributed by atoms with Crippen molar-refractivity contribution in [3.63, 3.8) is 0 Å². The minimum Gasteiger partial charge on any atom is 2.00 e. The molecule has 17 heavy (non-hydrogen) atoms. The van der Waals surface area contributed by atoms with Crippen LogP contribution < -0.4 is 20.7 Å². The second-order valence-corrected chi connectivity index (χ2v) is 2.50. The van der Waals surface area contributed by atoms with E-state index in [1.807, 2.05) is 0 Å². The van der Waals surface area contributed by atoms with E-state index in [2.05, 4.69) is 0 Å². The summed E-state index contributed by atoms with van der Waals surface area (Å²) in [4.78, 5) is 0. The Kier molecular flexibility index (Phi) is 271. The first-order valence-electron chi connectivity index (χ1n) is 2.36. The summed E-state index contributed by atoms with van der Waals surface area (Å²) in [6.07, 6.45) is 0. The van der Waals surface area contributed by atoms with Gasteiger partial charge in [-0.05, 0) is 0 Å². The molecule has 17 heteroatoms. The van der Waals surface area contributed by atoms with Crippen LogP contribution in [0.1, 0.15) is 0 Å². The van der Waals surface area contributed by atoms with E-state index in [1.165, 1.54) is 0 Å². The van der Waals surface area contributed by atoms with E-state index < -0.39 is 78.5 Å². The van der Waals surface area contributed by atoms with Crippen LogP contribution in [0.2, 0.25) is 0 Å². The first kappa shape index (κ1) is 42.8. The van der Waals surface area contributed by atoms with Crippen LogP contribution >= 0.6 is 0 Å². The maximum Gasteiger partial charge on any atom is 2.00 e. The van der Waals surface area contributed by atoms with Crippen LogP contribution in [-0.2, 0) is 38.4 Å². The van der Waals surface area contributed by atoms with Gasteiger partial charge in [-0.2, -0.15) is 0 Å². The zero-order valence-electron chi connectivity index (χ0n) is 8.25. The van der Waals surface area contributed by atoms with E-state index in [-0.39, 0.29) is 36.8 Å². The Morgan fingerprint density at radius 1 is 0.471 bits per heavy atom. The van der Waals surface area contributed by atoms with Crippen LogP contribution in [0.25, 0.3) is 0 Å². The van der Waals surface area contributed by atoms with Crippen molar-refractivity contribution in [2.75, 3.05) is 0 Å². The molecule has 90 valence electrons. The third-order valence-corrected chi connectivity index (χ3v) is 0. The molecule has 0 aliphatic rings. The molecular weight excluding hydrogens is 615 g/mol. The number of hydrogen-bond donors (Lipinski definition) is 0. The van der Waals surface area contributed by atoms with E-state index in [0.29, 0.717) is 0 Å². The molecule has 0 aromatic carbocycles. The van der Waals surface area contributed by atoms with Gasteiger partial charge in [-0.25, -0.2) is 0 Å². The predicted molar refractivity (Wildman–Crippen MR) is 44.9 cm³/mol. The molecule has 0 saturated heterocycles.